The number of carbonyl (C=O) groups excluding carboxylic acids is 1. The fourth-order valence-corrected chi connectivity index (χ4v) is 1.66. The number of esters is 1. The Balaban J connectivity index is 3.40. The number of nitro groups is 1. The molecule has 6 nitrogen and oxygen atoms in total. The summed E-state index contributed by atoms with van der Waals surface area (Å²) in [6, 6.07) is 4.13. The fraction of sp³-hybridized carbons (Fsp3) is 0.417. The van der Waals surface area contributed by atoms with Gasteiger partial charge in [-0.05, 0) is 19.9 Å². The van der Waals surface area contributed by atoms with Crippen molar-refractivity contribution in [1.82, 2.24) is 0 Å². The van der Waals surface area contributed by atoms with Crippen LogP contribution in [0.1, 0.15) is 19.4 Å². The average Bonchev–Trinajstić information content (AvgIpc) is 2.36. The SMILES string of the molecule is COC(=O)C(C)(C)c1cc([N+](=O)[O-])ccc1OC. The van der Waals surface area contributed by atoms with Gasteiger partial charge in [-0.25, -0.2) is 0 Å². The van der Waals surface area contributed by atoms with Crippen LogP contribution in [0.2, 0.25) is 0 Å². The molecule has 0 saturated carbocycles. The predicted molar refractivity (Wildman–Crippen MR) is 64.7 cm³/mol. The monoisotopic (exact) mass is 253 g/mol. The molecule has 0 aliphatic heterocycles. The van der Waals surface area contributed by atoms with Crippen LogP contribution in [0.3, 0.4) is 0 Å². The van der Waals surface area contributed by atoms with Crippen LogP contribution in [0.4, 0.5) is 5.69 Å². The number of rotatable bonds is 4. The van der Waals surface area contributed by atoms with Gasteiger partial charge in [0.25, 0.3) is 5.69 Å². The number of nitro benzene ring substituents is 1. The highest BCUT2D eigenvalue weighted by atomic mass is 16.6. The highest BCUT2D eigenvalue weighted by molar-refractivity contribution is 5.83. The van der Waals surface area contributed by atoms with Crippen molar-refractivity contribution in [3.63, 3.8) is 0 Å². The van der Waals surface area contributed by atoms with Crippen LogP contribution in [0, 0.1) is 10.1 Å². The highest BCUT2D eigenvalue weighted by Crippen LogP contribution is 2.35. The molecule has 18 heavy (non-hydrogen) atoms. The Labute approximate surface area is 105 Å². The molecule has 0 atom stereocenters. The Morgan fingerprint density at radius 1 is 1.33 bits per heavy atom. The number of nitrogens with zero attached hydrogens (tertiary/aromatic N) is 1. The fourth-order valence-electron chi connectivity index (χ4n) is 1.66. The molecular formula is C12H15NO5. The van der Waals surface area contributed by atoms with E-state index >= 15 is 0 Å². The van der Waals surface area contributed by atoms with E-state index in [0.29, 0.717) is 11.3 Å². The molecule has 0 aliphatic carbocycles. The lowest BCUT2D eigenvalue weighted by atomic mass is 9.84. The summed E-state index contributed by atoms with van der Waals surface area (Å²) in [6.07, 6.45) is 0. The maximum atomic E-state index is 11.7. The number of ether oxygens (including phenoxy) is 2. The largest absolute Gasteiger partial charge is 0.496 e. The lowest BCUT2D eigenvalue weighted by molar-refractivity contribution is -0.385. The molecule has 1 aromatic rings. The number of hydrogen-bond donors (Lipinski definition) is 0. The number of hydrogen-bond acceptors (Lipinski definition) is 5. The van der Waals surface area contributed by atoms with E-state index < -0.39 is 16.3 Å². The first-order valence-electron chi connectivity index (χ1n) is 5.26. The van der Waals surface area contributed by atoms with Crippen molar-refractivity contribution in [2.75, 3.05) is 14.2 Å². The van der Waals surface area contributed by atoms with Crippen LogP contribution >= 0.6 is 0 Å². The van der Waals surface area contributed by atoms with Gasteiger partial charge >= 0.3 is 5.97 Å². The first kappa shape index (κ1) is 14.0. The molecule has 0 bridgehead atoms. The van der Waals surface area contributed by atoms with E-state index in [0.717, 1.165) is 0 Å². The maximum Gasteiger partial charge on any atom is 0.315 e. The van der Waals surface area contributed by atoms with Gasteiger partial charge in [-0.2, -0.15) is 0 Å². The molecule has 1 rings (SSSR count). The van der Waals surface area contributed by atoms with Gasteiger partial charge in [-0.3, -0.25) is 14.9 Å². The zero-order valence-electron chi connectivity index (χ0n) is 10.7. The lowest BCUT2D eigenvalue weighted by Crippen LogP contribution is -2.30. The molecule has 0 amide bonds. The third-order valence-corrected chi connectivity index (χ3v) is 2.76. The molecular weight excluding hydrogens is 238 g/mol. The Bertz CT molecular complexity index is 481. The van der Waals surface area contributed by atoms with E-state index in [9.17, 15) is 14.9 Å². The van der Waals surface area contributed by atoms with E-state index in [4.69, 9.17) is 9.47 Å². The van der Waals surface area contributed by atoms with Crippen LogP contribution in [0.15, 0.2) is 18.2 Å². The molecule has 0 heterocycles. The molecule has 98 valence electrons. The second kappa shape index (κ2) is 5.03. The van der Waals surface area contributed by atoms with Gasteiger partial charge in [0.05, 0.1) is 24.6 Å². The standard InChI is InChI=1S/C12H15NO5/c1-12(2,11(14)18-4)9-7-8(13(15)16)5-6-10(9)17-3/h5-7H,1-4H3. The summed E-state index contributed by atoms with van der Waals surface area (Å²) in [5, 5.41) is 10.8. The Morgan fingerprint density at radius 2 is 1.94 bits per heavy atom. The van der Waals surface area contributed by atoms with Crippen molar-refractivity contribution in [1.29, 1.82) is 0 Å². The normalized spacial score (nSPS) is 10.9. The van der Waals surface area contributed by atoms with Crippen molar-refractivity contribution in [3.05, 3.63) is 33.9 Å². The molecule has 0 fully saturated rings. The molecule has 0 aromatic heterocycles. The van der Waals surface area contributed by atoms with E-state index in [1.807, 2.05) is 0 Å². The van der Waals surface area contributed by atoms with Crippen LogP contribution in [0.5, 0.6) is 5.75 Å². The smallest absolute Gasteiger partial charge is 0.315 e. The molecule has 0 unspecified atom stereocenters. The van der Waals surface area contributed by atoms with Gasteiger partial charge in [0, 0.05) is 17.7 Å². The van der Waals surface area contributed by atoms with Gasteiger partial charge in [0.2, 0.25) is 0 Å². The minimum atomic E-state index is -1.02. The predicted octanol–water partition coefficient (Wildman–Crippen LogP) is 2.05. The summed E-state index contributed by atoms with van der Waals surface area (Å²) in [5.41, 5.74) is -0.694. The molecule has 0 radical (unpaired) electrons. The highest BCUT2D eigenvalue weighted by Gasteiger charge is 2.35. The summed E-state index contributed by atoms with van der Waals surface area (Å²) in [7, 11) is 2.71. The van der Waals surface area contributed by atoms with Gasteiger partial charge < -0.3 is 9.47 Å². The van der Waals surface area contributed by atoms with Crippen LogP contribution in [-0.4, -0.2) is 25.1 Å². The average molecular weight is 253 g/mol. The zero-order valence-corrected chi connectivity index (χ0v) is 10.7. The van der Waals surface area contributed by atoms with Crippen molar-refractivity contribution >= 4 is 11.7 Å². The number of methoxy groups -OCH3 is 2. The van der Waals surface area contributed by atoms with Gasteiger partial charge in [-0.15, -0.1) is 0 Å². The first-order valence-corrected chi connectivity index (χ1v) is 5.26. The Hall–Kier alpha value is -2.11. The lowest BCUT2D eigenvalue weighted by Gasteiger charge is -2.23. The summed E-state index contributed by atoms with van der Waals surface area (Å²) in [6.45, 7) is 3.25. The molecule has 0 aliphatic rings. The van der Waals surface area contributed by atoms with Crippen LogP contribution in [-0.2, 0) is 14.9 Å². The Kier molecular flexibility index (Phi) is 3.90. The van der Waals surface area contributed by atoms with E-state index in [1.54, 1.807) is 13.8 Å². The van der Waals surface area contributed by atoms with E-state index in [1.165, 1.54) is 32.4 Å². The summed E-state index contributed by atoms with van der Waals surface area (Å²) >= 11 is 0. The van der Waals surface area contributed by atoms with E-state index in [2.05, 4.69) is 0 Å². The summed E-state index contributed by atoms with van der Waals surface area (Å²) in [5.74, 6) is -0.0719. The van der Waals surface area contributed by atoms with E-state index in [-0.39, 0.29) is 5.69 Å². The molecule has 0 saturated heterocycles. The second-order valence-corrected chi connectivity index (χ2v) is 4.26. The minimum Gasteiger partial charge on any atom is -0.496 e. The van der Waals surface area contributed by atoms with Crippen molar-refractivity contribution in [2.24, 2.45) is 0 Å². The Morgan fingerprint density at radius 3 is 2.39 bits per heavy atom. The number of carbonyl (C=O) groups is 1. The zero-order chi connectivity index (χ0) is 13.9. The number of benzene rings is 1. The summed E-state index contributed by atoms with van der Waals surface area (Å²) in [4.78, 5) is 22.0. The molecule has 1 aromatic carbocycles. The minimum absolute atomic E-state index is 0.0946. The maximum absolute atomic E-state index is 11.7. The number of non-ortho nitro benzene ring substituents is 1. The quantitative estimate of drug-likeness (QED) is 0.466. The topological polar surface area (TPSA) is 78.7 Å². The third-order valence-electron chi connectivity index (χ3n) is 2.76. The van der Waals surface area contributed by atoms with Gasteiger partial charge in [0.15, 0.2) is 0 Å². The van der Waals surface area contributed by atoms with Crippen LogP contribution in [0.25, 0.3) is 0 Å². The second-order valence-electron chi connectivity index (χ2n) is 4.26. The third kappa shape index (κ3) is 2.42. The van der Waals surface area contributed by atoms with Crippen LogP contribution < -0.4 is 4.74 Å². The molecule has 6 heteroatoms. The van der Waals surface area contributed by atoms with Crippen molar-refractivity contribution < 1.29 is 19.2 Å². The first-order chi connectivity index (χ1) is 8.34. The molecule has 0 spiro atoms. The van der Waals surface area contributed by atoms with Crippen molar-refractivity contribution in [3.8, 4) is 5.75 Å². The molecule has 0 N–H and O–H groups in total. The van der Waals surface area contributed by atoms with Crippen molar-refractivity contribution in [2.45, 2.75) is 19.3 Å². The van der Waals surface area contributed by atoms with Gasteiger partial charge in [0.1, 0.15) is 5.75 Å². The van der Waals surface area contributed by atoms with Gasteiger partial charge in [-0.1, -0.05) is 0 Å². The summed E-state index contributed by atoms with van der Waals surface area (Å²) < 4.78 is 9.84.